The highest BCUT2D eigenvalue weighted by Crippen LogP contribution is 2.38. The van der Waals surface area contributed by atoms with Gasteiger partial charge in [0.05, 0.1) is 18.8 Å². The summed E-state index contributed by atoms with van der Waals surface area (Å²) in [4.78, 5) is 0. The van der Waals surface area contributed by atoms with E-state index in [0.29, 0.717) is 18.2 Å². The molecule has 1 aliphatic carbocycles. The molecule has 0 saturated heterocycles. The number of rotatable bonds is 4. The fraction of sp³-hybridized carbons (Fsp3) is 0.368. The molecular formula is C19H20ClNO3. The van der Waals surface area contributed by atoms with E-state index in [2.05, 4.69) is 17.4 Å². The number of halogens is 1. The maximum atomic E-state index is 10.1. The molecular weight excluding hydrogens is 326 g/mol. The highest BCUT2D eigenvalue weighted by atomic mass is 35.5. The summed E-state index contributed by atoms with van der Waals surface area (Å²) in [5, 5.41) is 14.3. The topological polar surface area (TPSA) is 50.7 Å². The lowest BCUT2D eigenvalue weighted by Gasteiger charge is -2.31. The number of fused-ring (bicyclic) bond motifs is 2. The molecule has 0 radical (unpaired) electrons. The first-order valence-corrected chi connectivity index (χ1v) is 8.56. The van der Waals surface area contributed by atoms with Crippen molar-refractivity contribution in [2.24, 2.45) is 0 Å². The summed E-state index contributed by atoms with van der Waals surface area (Å²) in [6.07, 6.45) is 1.86. The van der Waals surface area contributed by atoms with E-state index in [1.807, 2.05) is 24.3 Å². The summed E-state index contributed by atoms with van der Waals surface area (Å²) in [6.45, 7) is 1.42. The highest BCUT2D eigenvalue weighted by Gasteiger charge is 2.37. The maximum absolute atomic E-state index is 10.1. The number of ether oxygens (including phenoxy) is 2. The normalized spacial score (nSPS) is 21.9. The molecule has 1 heterocycles. The van der Waals surface area contributed by atoms with Crippen molar-refractivity contribution in [2.45, 2.75) is 31.5 Å². The van der Waals surface area contributed by atoms with Crippen LogP contribution in [0.25, 0.3) is 0 Å². The van der Waals surface area contributed by atoms with Gasteiger partial charge in [-0.05, 0) is 36.1 Å². The Labute approximate surface area is 146 Å². The Balaban J connectivity index is 1.62. The molecule has 126 valence electrons. The molecule has 0 bridgehead atoms. The van der Waals surface area contributed by atoms with E-state index < -0.39 is 5.54 Å². The number of aryl methyl sites for hydroxylation is 1. The smallest absolute Gasteiger partial charge is 0.189 e. The van der Waals surface area contributed by atoms with Crippen LogP contribution in [-0.2, 0) is 29.8 Å². The van der Waals surface area contributed by atoms with Gasteiger partial charge in [-0.3, -0.25) is 0 Å². The van der Waals surface area contributed by atoms with Crippen molar-refractivity contribution in [3.05, 3.63) is 63.7 Å². The average Bonchev–Trinajstić information content (AvgIpc) is 2.99. The van der Waals surface area contributed by atoms with E-state index in [9.17, 15) is 5.11 Å². The molecule has 24 heavy (non-hydrogen) atoms. The fourth-order valence-electron chi connectivity index (χ4n) is 3.74. The summed E-state index contributed by atoms with van der Waals surface area (Å²) in [5.41, 5.74) is 4.05. The summed E-state index contributed by atoms with van der Waals surface area (Å²) in [6, 6.07) is 12.1. The van der Waals surface area contributed by atoms with E-state index in [1.54, 1.807) is 0 Å². The predicted molar refractivity (Wildman–Crippen MR) is 92.1 cm³/mol. The Kier molecular flexibility index (Phi) is 4.22. The minimum absolute atomic E-state index is 0.0662. The largest absolute Gasteiger partial charge is 0.467 e. The van der Waals surface area contributed by atoms with Crippen molar-refractivity contribution in [3.63, 3.8) is 0 Å². The molecule has 1 aliphatic heterocycles. The first-order chi connectivity index (χ1) is 11.7. The molecule has 4 rings (SSSR count). The second-order valence-electron chi connectivity index (χ2n) is 6.41. The molecule has 2 aromatic carbocycles. The zero-order valence-electron chi connectivity index (χ0n) is 13.3. The summed E-state index contributed by atoms with van der Waals surface area (Å²) >= 11 is 6.24. The van der Waals surface area contributed by atoms with Crippen molar-refractivity contribution in [3.8, 4) is 5.75 Å². The molecule has 0 amide bonds. The molecule has 1 atom stereocenters. The van der Waals surface area contributed by atoms with E-state index in [0.717, 1.165) is 29.7 Å². The molecule has 0 saturated carbocycles. The number of aliphatic hydroxyl groups excluding tert-OH is 1. The summed E-state index contributed by atoms with van der Waals surface area (Å²) in [5.74, 6) is 0.845. The van der Waals surface area contributed by atoms with Gasteiger partial charge in [-0.2, -0.15) is 0 Å². The SMILES string of the molecule is OCC1(NCc2cc(Cl)cc3c2OCOC3)CCc2ccccc21. The van der Waals surface area contributed by atoms with Gasteiger partial charge in [-0.25, -0.2) is 0 Å². The van der Waals surface area contributed by atoms with Crippen LogP contribution < -0.4 is 10.1 Å². The molecule has 5 heteroatoms. The Morgan fingerprint density at radius 3 is 2.96 bits per heavy atom. The third-order valence-electron chi connectivity index (χ3n) is 4.99. The van der Waals surface area contributed by atoms with Crippen LogP contribution in [-0.4, -0.2) is 18.5 Å². The Morgan fingerprint density at radius 1 is 1.21 bits per heavy atom. The second kappa shape index (κ2) is 6.37. The molecule has 0 spiro atoms. The monoisotopic (exact) mass is 345 g/mol. The van der Waals surface area contributed by atoms with Crippen LogP contribution in [0.3, 0.4) is 0 Å². The van der Waals surface area contributed by atoms with Gasteiger partial charge in [0.25, 0.3) is 0 Å². The molecule has 1 unspecified atom stereocenters. The van der Waals surface area contributed by atoms with Crippen LogP contribution in [0.4, 0.5) is 0 Å². The first-order valence-electron chi connectivity index (χ1n) is 8.18. The minimum Gasteiger partial charge on any atom is -0.467 e. The van der Waals surface area contributed by atoms with Crippen molar-refractivity contribution in [1.82, 2.24) is 5.32 Å². The van der Waals surface area contributed by atoms with Crippen LogP contribution in [0.2, 0.25) is 5.02 Å². The van der Waals surface area contributed by atoms with Crippen LogP contribution in [0, 0.1) is 0 Å². The van der Waals surface area contributed by atoms with E-state index in [-0.39, 0.29) is 13.4 Å². The predicted octanol–water partition coefficient (Wildman–Crippen LogP) is 3.13. The van der Waals surface area contributed by atoms with Gasteiger partial charge in [0, 0.05) is 22.7 Å². The van der Waals surface area contributed by atoms with Crippen LogP contribution >= 0.6 is 11.6 Å². The van der Waals surface area contributed by atoms with Crippen molar-refractivity contribution < 1.29 is 14.6 Å². The third-order valence-corrected chi connectivity index (χ3v) is 5.21. The van der Waals surface area contributed by atoms with Crippen molar-refractivity contribution in [1.29, 1.82) is 0 Å². The number of hydrogen-bond acceptors (Lipinski definition) is 4. The Bertz CT molecular complexity index is 764. The zero-order valence-corrected chi connectivity index (χ0v) is 14.1. The van der Waals surface area contributed by atoms with Crippen LogP contribution in [0.1, 0.15) is 28.7 Å². The molecule has 4 nitrogen and oxygen atoms in total. The third kappa shape index (κ3) is 2.70. The van der Waals surface area contributed by atoms with Gasteiger partial charge in [0.2, 0.25) is 0 Å². The van der Waals surface area contributed by atoms with Gasteiger partial charge < -0.3 is 19.9 Å². The zero-order chi connectivity index (χ0) is 16.6. The lowest BCUT2D eigenvalue weighted by molar-refractivity contribution is -0.0172. The second-order valence-corrected chi connectivity index (χ2v) is 6.85. The highest BCUT2D eigenvalue weighted by molar-refractivity contribution is 6.30. The van der Waals surface area contributed by atoms with E-state index in [4.69, 9.17) is 21.1 Å². The fourth-order valence-corrected chi connectivity index (χ4v) is 4.01. The first kappa shape index (κ1) is 15.9. The lowest BCUT2D eigenvalue weighted by atomic mass is 9.92. The molecule has 2 aromatic rings. The average molecular weight is 346 g/mol. The molecule has 2 aliphatic rings. The molecule has 2 N–H and O–H groups in total. The van der Waals surface area contributed by atoms with Crippen molar-refractivity contribution >= 4 is 11.6 Å². The lowest BCUT2D eigenvalue weighted by Crippen LogP contribution is -2.43. The Hall–Kier alpha value is -1.59. The van der Waals surface area contributed by atoms with Crippen LogP contribution in [0.15, 0.2) is 36.4 Å². The number of aliphatic hydroxyl groups is 1. The maximum Gasteiger partial charge on any atom is 0.189 e. The van der Waals surface area contributed by atoms with Crippen molar-refractivity contribution in [2.75, 3.05) is 13.4 Å². The van der Waals surface area contributed by atoms with Gasteiger partial charge in [-0.1, -0.05) is 35.9 Å². The quantitative estimate of drug-likeness (QED) is 0.894. The molecule has 0 aromatic heterocycles. The molecule has 0 fully saturated rings. The summed E-state index contributed by atoms with van der Waals surface area (Å²) in [7, 11) is 0. The van der Waals surface area contributed by atoms with E-state index >= 15 is 0 Å². The van der Waals surface area contributed by atoms with Gasteiger partial charge in [-0.15, -0.1) is 0 Å². The number of benzene rings is 2. The Morgan fingerprint density at radius 2 is 2.08 bits per heavy atom. The number of hydrogen-bond donors (Lipinski definition) is 2. The van der Waals surface area contributed by atoms with Crippen LogP contribution in [0.5, 0.6) is 5.75 Å². The van der Waals surface area contributed by atoms with Gasteiger partial charge in [0.15, 0.2) is 6.79 Å². The van der Waals surface area contributed by atoms with Gasteiger partial charge in [0.1, 0.15) is 5.75 Å². The number of nitrogens with one attached hydrogen (secondary N) is 1. The standard InChI is InChI=1S/C19H20ClNO3/c20-16-7-14(18-15(8-16)10-23-12-24-18)9-21-19(11-22)6-5-13-3-1-2-4-17(13)19/h1-4,7-8,21-22H,5-6,9-12H2. The van der Waals surface area contributed by atoms with E-state index in [1.165, 1.54) is 11.1 Å². The summed E-state index contributed by atoms with van der Waals surface area (Å²) < 4.78 is 11.0. The van der Waals surface area contributed by atoms with Gasteiger partial charge >= 0.3 is 0 Å². The minimum atomic E-state index is -0.406.